The molecule has 2 aromatic carbocycles. The molecule has 0 aromatic heterocycles. The summed E-state index contributed by atoms with van der Waals surface area (Å²) < 4.78 is 27.7. The molecule has 0 radical (unpaired) electrons. The molecule has 1 atom stereocenters. The van der Waals surface area contributed by atoms with Gasteiger partial charge in [-0.05, 0) is 36.1 Å². The van der Waals surface area contributed by atoms with Crippen molar-refractivity contribution >= 4 is 20.8 Å². The monoisotopic (exact) mass is 289 g/mol. The molecular weight excluding hydrogens is 270 g/mol. The number of sulfonamides is 1. The van der Waals surface area contributed by atoms with E-state index < -0.39 is 10.0 Å². The maximum atomic E-state index is 12.5. The maximum Gasteiger partial charge on any atom is 0.241 e. The molecule has 3 rings (SSSR count). The molecule has 2 aromatic rings. The zero-order chi connectivity index (χ0) is 14.2. The van der Waals surface area contributed by atoms with Crippen molar-refractivity contribution in [1.82, 2.24) is 4.72 Å². The van der Waals surface area contributed by atoms with E-state index in [9.17, 15) is 8.42 Å². The highest BCUT2D eigenvalue weighted by molar-refractivity contribution is 7.89. The van der Waals surface area contributed by atoms with Crippen LogP contribution in [0.15, 0.2) is 47.4 Å². The smallest absolute Gasteiger partial charge is 0.211 e. The van der Waals surface area contributed by atoms with Gasteiger partial charge in [-0.3, -0.25) is 0 Å². The first-order valence-electron chi connectivity index (χ1n) is 7.05. The molecule has 4 heteroatoms. The average molecular weight is 289 g/mol. The van der Waals surface area contributed by atoms with Crippen molar-refractivity contribution in [2.75, 3.05) is 6.54 Å². The molecule has 1 aliphatic rings. The Kier molecular flexibility index (Phi) is 3.52. The summed E-state index contributed by atoms with van der Waals surface area (Å²) >= 11 is 0. The van der Waals surface area contributed by atoms with Crippen molar-refractivity contribution in [2.45, 2.75) is 24.7 Å². The van der Waals surface area contributed by atoms with E-state index in [4.69, 9.17) is 0 Å². The van der Waals surface area contributed by atoms with Gasteiger partial charge in [-0.1, -0.05) is 43.3 Å². The third-order valence-corrected chi connectivity index (χ3v) is 5.54. The van der Waals surface area contributed by atoms with Crippen molar-refractivity contribution in [3.63, 3.8) is 0 Å². The zero-order valence-electron chi connectivity index (χ0n) is 11.5. The highest BCUT2D eigenvalue weighted by atomic mass is 32.2. The molecule has 3 nitrogen and oxygen atoms in total. The Labute approximate surface area is 120 Å². The minimum Gasteiger partial charge on any atom is -0.211 e. The SMILES string of the molecule is CC(CNS(=O)(=O)c1cccc2ccccc12)C1CC1. The first-order chi connectivity index (χ1) is 9.58. The summed E-state index contributed by atoms with van der Waals surface area (Å²) in [5.41, 5.74) is 0. The molecule has 1 N–H and O–H groups in total. The molecule has 1 saturated carbocycles. The van der Waals surface area contributed by atoms with Crippen LogP contribution in [0.25, 0.3) is 10.8 Å². The molecule has 0 heterocycles. The summed E-state index contributed by atoms with van der Waals surface area (Å²) in [5, 5.41) is 1.73. The minimum atomic E-state index is -3.44. The van der Waals surface area contributed by atoms with E-state index in [2.05, 4.69) is 11.6 Å². The van der Waals surface area contributed by atoms with E-state index in [0.29, 0.717) is 23.3 Å². The van der Waals surface area contributed by atoms with Gasteiger partial charge in [0, 0.05) is 11.9 Å². The summed E-state index contributed by atoms with van der Waals surface area (Å²) in [6.45, 7) is 2.64. The van der Waals surface area contributed by atoms with Gasteiger partial charge in [0.15, 0.2) is 0 Å². The first-order valence-corrected chi connectivity index (χ1v) is 8.54. The van der Waals surface area contributed by atoms with E-state index in [1.165, 1.54) is 12.8 Å². The highest BCUT2D eigenvalue weighted by Gasteiger charge is 2.29. The van der Waals surface area contributed by atoms with Crippen molar-refractivity contribution in [3.05, 3.63) is 42.5 Å². The van der Waals surface area contributed by atoms with Crippen molar-refractivity contribution < 1.29 is 8.42 Å². The Morgan fingerprint density at radius 1 is 1.15 bits per heavy atom. The van der Waals surface area contributed by atoms with Crippen LogP contribution in [0.3, 0.4) is 0 Å². The number of nitrogens with one attached hydrogen (secondary N) is 1. The molecule has 0 spiro atoms. The van der Waals surface area contributed by atoms with Crippen LogP contribution in [0, 0.1) is 11.8 Å². The van der Waals surface area contributed by atoms with Crippen LogP contribution in [0.5, 0.6) is 0 Å². The number of fused-ring (bicyclic) bond motifs is 1. The molecule has 20 heavy (non-hydrogen) atoms. The van der Waals surface area contributed by atoms with E-state index in [-0.39, 0.29) is 0 Å². The van der Waals surface area contributed by atoms with E-state index in [0.717, 1.165) is 10.8 Å². The summed E-state index contributed by atoms with van der Waals surface area (Å²) in [6.07, 6.45) is 2.47. The van der Waals surface area contributed by atoms with Crippen LogP contribution < -0.4 is 4.72 Å². The van der Waals surface area contributed by atoms with Crippen LogP contribution in [0.1, 0.15) is 19.8 Å². The highest BCUT2D eigenvalue weighted by Crippen LogP contribution is 2.36. The van der Waals surface area contributed by atoms with Gasteiger partial charge >= 0.3 is 0 Å². The predicted octanol–water partition coefficient (Wildman–Crippen LogP) is 3.16. The normalized spacial score (nSPS) is 17.2. The summed E-state index contributed by atoms with van der Waals surface area (Å²) in [5.74, 6) is 1.12. The second kappa shape index (κ2) is 5.19. The molecule has 0 amide bonds. The Morgan fingerprint density at radius 2 is 1.85 bits per heavy atom. The fourth-order valence-corrected chi connectivity index (χ4v) is 3.95. The van der Waals surface area contributed by atoms with Crippen LogP contribution in [0.4, 0.5) is 0 Å². The molecular formula is C16H19NO2S. The summed E-state index contributed by atoms with van der Waals surface area (Å²) in [7, 11) is -3.44. The maximum absolute atomic E-state index is 12.5. The minimum absolute atomic E-state index is 0.374. The summed E-state index contributed by atoms with van der Waals surface area (Å²) in [6, 6.07) is 13.0. The van der Waals surface area contributed by atoms with Crippen molar-refractivity contribution in [2.24, 2.45) is 11.8 Å². The van der Waals surface area contributed by atoms with Crippen LogP contribution in [0.2, 0.25) is 0 Å². The molecule has 1 aliphatic carbocycles. The largest absolute Gasteiger partial charge is 0.241 e. The lowest BCUT2D eigenvalue weighted by atomic mass is 10.1. The lowest BCUT2D eigenvalue weighted by Gasteiger charge is -2.13. The topological polar surface area (TPSA) is 46.2 Å². The van der Waals surface area contributed by atoms with Gasteiger partial charge < -0.3 is 0 Å². The molecule has 106 valence electrons. The number of hydrogen-bond donors (Lipinski definition) is 1. The van der Waals surface area contributed by atoms with Gasteiger partial charge in [0.25, 0.3) is 0 Å². The Morgan fingerprint density at radius 3 is 2.60 bits per heavy atom. The van der Waals surface area contributed by atoms with Crippen molar-refractivity contribution in [3.8, 4) is 0 Å². The standard InChI is InChI=1S/C16H19NO2S/c1-12(13-9-10-13)11-17-20(18,19)16-8-4-6-14-5-2-3-7-15(14)16/h2-8,12-13,17H,9-11H2,1H3. The van der Waals surface area contributed by atoms with Gasteiger partial charge in [0.2, 0.25) is 10.0 Å². The quantitative estimate of drug-likeness (QED) is 0.919. The Hall–Kier alpha value is -1.39. The first kappa shape index (κ1) is 13.6. The second-order valence-corrected chi connectivity index (χ2v) is 7.38. The third-order valence-electron chi connectivity index (χ3n) is 4.06. The molecule has 1 unspecified atom stereocenters. The lowest BCUT2D eigenvalue weighted by molar-refractivity contribution is 0.492. The van der Waals surface area contributed by atoms with Crippen LogP contribution in [-0.4, -0.2) is 15.0 Å². The zero-order valence-corrected chi connectivity index (χ0v) is 12.4. The van der Waals surface area contributed by atoms with Crippen LogP contribution >= 0.6 is 0 Å². The lowest BCUT2D eigenvalue weighted by Crippen LogP contribution is -2.29. The van der Waals surface area contributed by atoms with Gasteiger partial charge in [0.05, 0.1) is 4.90 Å². The fourth-order valence-electron chi connectivity index (χ4n) is 2.58. The van der Waals surface area contributed by atoms with Crippen molar-refractivity contribution in [1.29, 1.82) is 0 Å². The van der Waals surface area contributed by atoms with E-state index in [1.807, 2.05) is 30.3 Å². The Bertz CT molecular complexity index is 715. The van der Waals surface area contributed by atoms with E-state index >= 15 is 0 Å². The molecule has 0 aliphatic heterocycles. The molecule has 0 saturated heterocycles. The molecule has 1 fully saturated rings. The fraction of sp³-hybridized carbons (Fsp3) is 0.375. The van der Waals surface area contributed by atoms with Gasteiger partial charge in [-0.15, -0.1) is 0 Å². The number of hydrogen-bond acceptors (Lipinski definition) is 2. The summed E-state index contributed by atoms with van der Waals surface area (Å²) in [4.78, 5) is 0.374. The van der Waals surface area contributed by atoms with E-state index in [1.54, 1.807) is 12.1 Å². The van der Waals surface area contributed by atoms with Gasteiger partial charge in [0.1, 0.15) is 0 Å². The predicted molar refractivity (Wildman–Crippen MR) is 81.0 cm³/mol. The second-order valence-electron chi connectivity index (χ2n) is 5.64. The van der Waals surface area contributed by atoms with Gasteiger partial charge in [-0.25, -0.2) is 13.1 Å². The Balaban J connectivity index is 1.88. The number of rotatable bonds is 5. The third kappa shape index (κ3) is 2.72. The number of benzene rings is 2. The van der Waals surface area contributed by atoms with Crippen LogP contribution in [-0.2, 0) is 10.0 Å². The molecule has 0 bridgehead atoms. The average Bonchev–Trinajstić information content (AvgIpc) is 3.29. The van der Waals surface area contributed by atoms with Gasteiger partial charge in [-0.2, -0.15) is 0 Å².